The summed E-state index contributed by atoms with van der Waals surface area (Å²) in [6, 6.07) is 5.02. The van der Waals surface area contributed by atoms with E-state index in [1.54, 1.807) is 52.4 Å². The molecule has 1 aromatic carbocycles. The molecule has 0 radical (unpaired) electrons. The number of benzene rings is 1. The van der Waals surface area contributed by atoms with E-state index in [1.165, 1.54) is 4.90 Å². The Balaban J connectivity index is 1.68. The van der Waals surface area contributed by atoms with Gasteiger partial charge in [-0.2, -0.15) is 5.10 Å². The number of hydrogen-bond acceptors (Lipinski definition) is 10. The van der Waals surface area contributed by atoms with E-state index in [4.69, 9.17) is 24.9 Å². The van der Waals surface area contributed by atoms with E-state index in [-0.39, 0.29) is 12.0 Å². The first-order valence-corrected chi connectivity index (χ1v) is 16.5. The maximum Gasteiger partial charge on any atom is 0.420 e. The van der Waals surface area contributed by atoms with Gasteiger partial charge in [0.05, 0.1) is 11.2 Å². The standard InChI is InChI=1S/C35H51N7O6/c1-12-21-17-22(26-19-27(36)39-40(26)11)18-23-20-37-29(38-28(21)23)41(30(43)46-33(2,3)4)24-13-15-25(16-14-24)42(31(44)47-34(5,6)7)32(45)48-35(8,9)10/h17-20,24-25H,12-16H2,1-11H3,(H2,36,39). The Labute approximate surface area is 283 Å². The van der Waals surface area contributed by atoms with E-state index in [2.05, 4.69) is 16.1 Å². The molecule has 0 aliphatic heterocycles. The molecule has 1 saturated carbocycles. The highest BCUT2D eigenvalue weighted by Gasteiger charge is 2.41. The Hall–Kier alpha value is -4.42. The average Bonchev–Trinajstić information content (AvgIpc) is 3.28. The topological polar surface area (TPSA) is 155 Å². The molecule has 0 spiro atoms. The van der Waals surface area contributed by atoms with Gasteiger partial charge in [0.1, 0.15) is 22.6 Å². The molecule has 13 nitrogen and oxygen atoms in total. The van der Waals surface area contributed by atoms with Crippen LogP contribution in [0.5, 0.6) is 0 Å². The number of ether oxygens (including phenoxy) is 3. The van der Waals surface area contributed by atoms with E-state index in [9.17, 15) is 14.4 Å². The Morgan fingerprint density at radius 1 is 0.833 bits per heavy atom. The molecule has 13 heteroatoms. The molecule has 0 saturated heterocycles. The number of rotatable bonds is 5. The van der Waals surface area contributed by atoms with Crippen molar-refractivity contribution in [2.75, 3.05) is 10.6 Å². The number of anilines is 2. The lowest BCUT2D eigenvalue weighted by atomic mass is 9.89. The average molecular weight is 666 g/mol. The van der Waals surface area contributed by atoms with Crippen LogP contribution in [0.1, 0.15) is 100 Å². The first-order chi connectivity index (χ1) is 22.2. The molecule has 3 aromatic rings. The maximum atomic E-state index is 13.8. The predicted molar refractivity (Wildman–Crippen MR) is 185 cm³/mol. The van der Waals surface area contributed by atoms with Crippen molar-refractivity contribution in [1.29, 1.82) is 0 Å². The second kappa shape index (κ2) is 13.6. The minimum Gasteiger partial charge on any atom is -0.443 e. The molecule has 0 bridgehead atoms. The molecule has 1 aliphatic rings. The van der Waals surface area contributed by atoms with E-state index in [0.717, 1.165) is 32.6 Å². The summed E-state index contributed by atoms with van der Waals surface area (Å²) in [5, 5.41) is 5.09. The number of carbonyl (C=O) groups excluding carboxylic acids is 3. The summed E-state index contributed by atoms with van der Waals surface area (Å²) in [5.74, 6) is 0.656. The molecule has 2 aromatic heterocycles. The summed E-state index contributed by atoms with van der Waals surface area (Å²) in [6.07, 6.45) is 2.04. The lowest BCUT2D eigenvalue weighted by Crippen LogP contribution is -2.52. The van der Waals surface area contributed by atoms with Crippen molar-refractivity contribution in [3.05, 3.63) is 30.0 Å². The van der Waals surface area contributed by atoms with Gasteiger partial charge in [0.25, 0.3) is 0 Å². The molecular weight excluding hydrogens is 614 g/mol. The van der Waals surface area contributed by atoms with Crippen LogP contribution in [0.25, 0.3) is 22.2 Å². The van der Waals surface area contributed by atoms with Crippen molar-refractivity contribution in [3.8, 4) is 11.3 Å². The Morgan fingerprint density at radius 3 is 1.83 bits per heavy atom. The third-order valence-electron chi connectivity index (χ3n) is 7.71. The van der Waals surface area contributed by atoms with Crippen molar-refractivity contribution in [1.82, 2.24) is 24.6 Å². The van der Waals surface area contributed by atoms with Crippen molar-refractivity contribution < 1.29 is 28.6 Å². The molecule has 1 fully saturated rings. The number of carbonyl (C=O) groups is 3. The van der Waals surface area contributed by atoms with Gasteiger partial charge >= 0.3 is 18.3 Å². The molecule has 4 rings (SSSR count). The number of hydrogen-bond donors (Lipinski definition) is 1. The van der Waals surface area contributed by atoms with Gasteiger partial charge in [-0.1, -0.05) is 6.92 Å². The Morgan fingerprint density at radius 2 is 1.35 bits per heavy atom. The number of nitrogen functional groups attached to an aromatic ring is 1. The quantitative estimate of drug-likeness (QED) is 0.273. The van der Waals surface area contributed by atoms with Crippen LogP contribution in [0.4, 0.5) is 26.1 Å². The third kappa shape index (κ3) is 8.93. The lowest BCUT2D eigenvalue weighted by Gasteiger charge is -2.39. The Kier molecular flexibility index (Phi) is 10.3. The van der Waals surface area contributed by atoms with Crippen molar-refractivity contribution in [3.63, 3.8) is 0 Å². The summed E-state index contributed by atoms with van der Waals surface area (Å²) in [5.41, 5.74) is 7.07. The summed E-state index contributed by atoms with van der Waals surface area (Å²) < 4.78 is 18.8. The minimum absolute atomic E-state index is 0.226. The lowest BCUT2D eigenvalue weighted by molar-refractivity contribution is -0.0115. The van der Waals surface area contributed by atoms with Gasteiger partial charge in [0.15, 0.2) is 0 Å². The van der Waals surface area contributed by atoms with E-state index in [0.29, 0.717) is 37.9 Å². The summed E-state index contributed by atoms with van der Waals surface area (Å²) in [6.45, 7) is 18.0. The fourth-order valence-corrected chi connectivity index (χ4v) is 5.78. The number of aryl methyl sites for hydroxylation is 2. The number of amides is 3. The minimum atomic E-state index is -0.807. The number of nitrogens with two attached hydrogens (primary N) is 1. The maximum absolute atomic E-state index is 13.8. The van der Waals surface area contributed by atoms with Crippen LogP contribution in [0.15, 0.2) is 24.4 Å². The molecule has 2 heterocycles. The third-order valence-corrected chi connectivity index (χ3v) is 7.71. The van der Waals surface area contributed by atoms with Crippen molar-refractivity contribution >= 4 is 40.9 Å². The fraction of sp³-hybridized carbons (Fsp3) is 0.600. The summed E-state index contributed by atoms with van der Waals surface area (Å²) in [4.78, 5) is 52.6. The number of aromatic nitrogens is 4. The molecule has 0 unspecified atom stereocenters. The predicted octanol–water partition coefficient (Wildman–Crippen LogP) is 7.40. The van der Waals surface area contributed by atoms with Gasteiger partial charge in [-0.25, -0.2) is 34.2 Å². The van der Waals surface area contributed by atoms with Crippen LogP contribution in [0, 0.1) is 0 Å². The summed E-state index contributed by atoms with van der Waals surface area (Å²) >= 11 is 0. The van der Waals surface area contributed by atoms with Gasteiger partial charge < -0.3 is 19.9 Å². The molecule has 2 N–H and O–H groups in total. The molecule has 3 amide bonds. The van der Waals surface area contributed by atoms with Gasteiger partial charge in [-0.05, 0) is 112 Å². The van der Waals surface area contributed by atoms with Gasteiger partial charge in [0.2, 0.25) is 5.95 Å². The van der Waals surface area contributed by atoms with Crippen LogP contribution in [-0.2, 0) is 27.7 Å². The zero-order valence-electron chi connectivity index (χ0n) is 30.2. The zero-order valence-corrected chi connectivity index (χ0v) is 30.2. The number of nitrogens with zero attached hydrogens (tertiary/aromatic N) is 6. The Bertz CT molecular complexity index is 1630. The summed E-state index contributed by atoms with van der Waals surface area (Å²) in [7, 11) is 1.84. The number of fused-ring (bicyclic) bond motifs is 1. The molecule has 262 valence electrons. The normalized spacial score (nSPS) is 17.1. The second-order valence-electron chi connectivity index (χ2n) is 15.3. The van der Waals surface area contributed by atoms with Crippen LogP contribution in [0.2, 0.25) is 0 Å². The highest BCUT2D eigenvalue weighted by atomic mass is 16.6. The molecule has 1 aliphatic carbocycles. The van der Waals surface area contributed by atoms with Crippen LogP contribution < -0.4 is 10.6 Å². The highest BCUT2D eigenvalue weighted by Crippen LogP contribution is 2.34. The number of imide groups is 1. The SMILES string of the molecule is CCc1cc(-c2cc(N)nn2C)cc2cnc(N(C(=O)OC(C)(C)C)C3CCC(N(C(=O)OC(C)(C)C)C(=O)OC(C)(C)C)CC3)nc12. The van der Waals surface area contributed by atoms with E-state index in [1.807, 2.05) is 46.9 Å². The zero-order chi connectivity index (χ0) is 35.8. The first-order valence-electron chi connectivity index (χ1n) is 16.5. The van der Waals surface area contributed by atoms with E-state index >= 15 is 0 Å². The molecule has 0 atom stereocenters. The largest absolute Gasteiger partial charge is 0.443 e. The van der Waals surface area contributed by atoms with Gasteiger partial charge in [0, 0.05) is 42.3 Å². The van der Waals surface area contributed by atoms with Crippen molar-refractivity contribution in [2.24, 2.45) is 7.05 Å². The fourth-order valence-electron chi connectivity index (χ4n) is 5.78. The second-order valence-corrected chi connectivity index (χ2v) is 15.3. The van der Waals surface area contributed by atoms with Gasteiger partial charge in [-0.15, -0.1) is 0 Å². The highest BCUT2D eigenvalue weighted by molar-refractivity contribution is 5.91. The van der Waals surface area contributed by atoms with Crippen LogP contribution >= 0.6 is 0 Å². The van der Waals surface area contributed by atoms with Crippen molar-refractivity contribution in [2.45, 2.75) is 130 Å². The first kappa shape index (κ1) is 36.4. The van der Waals surface area contributed by atoms with E-state index < -0.39 is 41.1 Å². The smallest absolute Gasteiger partial charge is 0.420 e. The van der Waals surface area contributed by atoms with Crippen LogP contribution in [-0.4, -0.2) is 71.8 Å². The molecule has 48 heavy (non-hydrogen) atoms. The molecular formula is C35H51N7O6. The van der Waals surface area contributed by atoms with Gasteiger partial charge in [-0.3, -0.25) is 4.68 Å². The monoisotopic (exact) mass is 665 g/mol. The van der Waals surface area contributed by atoms with Crippen LogP contribution in [0.3, 0.4) is 0 Å².